The molecule has 1 saturated carbocycles. The molecule has 0 N–H and O–H groups in total. The molecular weight excluding hydrogens is 357 g/mol. The summed E-state index contributed by atoms with van der Waals surface area (Å²) in [5.74, 6) is 0. The van der Waals surface area contributed by atoms with Gasteiger partial charge in [-0.15, -0.1) is 0 Å². The molecule has 0 bridgehead atoms. The lowest BCUT2D eigenvalue weighted by Crippen LogP contribution is -3.00. The average molecular weight is 385 g/mol. The van der Waals surface area contributed by atoms with E-state index in [0.717, 1.165) is 0 Å². The van der Waals surface area contributed by atoms with Gasteiger partial charge in [-0.05, 0) is 37.7 Å². The second kappa shape index (κ2) is 6.78. The van der Waals surface area contributed by atoms with Crippen LogP contribution in [-0.2, 0) is 5.41 Å². The minimum atomic E-state index is 0. The first-order chi connectivity index (χ1) is 9.23. The van der Waals surface area contributed by atoms with E-state index in [1.807, 2.05) is 0 Å². The molecule has 1 aromatic rings. The van der Waals surface area contributed by atoms with Crippen molar-refractivity contribution in [2.45, 2.75) is 50.4 Å². The molecule has 3 rings (SSSR count). The van der Waals surface area contributed by atoms with Gasteiger partial charge >= 0.3 is 0 Å². The van der Waals surface area contributed by atoms with Crippen LogP contribution in [0.4, 0.5) is 0 Å². The fraction of sp³-hybridized carbons (Fsp3) is 0.667. The van der Waals surface area contributed by atoms with Crippen molar-refractivity contribution in [2.75, 3.05) is 26.7 Å². The van der Waals surface area contributed by atoms with Crippen molar-refractivity contribution >= 4 is 0 Å². The molecule has 1 heterocycles. The van der Waals surface area contributed by atoms with E-state index in [4.69, 9.17) is 0 Å². The molecule has 0 spiro atoms. The Labute approximate surface area is 141 Å². The van der Waals surface area contributed by atoms with Gasteiger partial charge in [0.2, 0.25) is 0 Å². The Hall–Kier alpha value is -0.0900. The topological polar surface area (TPSA) is 0 Å². The van der Waals surface area contributed by atoms with Crippen molar-refractivity contribution in [3.63, 3.8) is 0 Å². The summed E-state index contributed by atoms with van der Waals surface area (Å²) in [6.07, 6.45) is 9.98. The van der Waals surface area contributed by atoms with Gasteiger partial charge in [0, 0.05) is 5.41 Å². The molecule has 1 aliphatic heterocycles. The fourth-order valence-corrected chi connectivity index (χ4v) is 4.55. The zero-order chi connectivity index (χ0) is 13.2. The Morgan fingerprint density at radius 2 is 1.50 bits per heavy atom. The average Bonchev–Trinajstić information content (AvgIpc) is 2.90. The molecule has 1 aromatic carbocycles. The molecule has 0 unspecified atom stereocenters. The normalized spacial score (nSPS) is 24.1. The lowest BCUT2D eigenvalue weighted by Gasteiger charge is -2.44. The van der Waals surface area contributed by atoms with Crippen LogP contribution in [0.2, 0.25) is 0 Å². The van der Waals surface area contributed by atoms with Crippen molar-refractivity contribution in [3.05, 3.63) is 35.9 Å². The minimum Gasteiger partial charge on any atom is -1.00 e. The summed E-state index contributed by atoms with van der Waals surface area (Å²) in [6.45, 7) is 4.17. The van der Waals surface area contributed by atoms with Crippen LogP contribution in [0.15, 0.2) is 30.3 Å². The number of likely N-dealkylation sites (N-methyl/N-ethyl adjacent to an activating group) is 1. The quantitative estimate of drug-likeness (QED) is 0.541. The maximum absolute atomic E-state index is 2.50. The highest BCUT2D eigenvalue weighted by Crippen LogP contribution is 2.43. The van der Waals surface area contributed by atoms with Crippen LogP contribution in [0.5, 0.6) is 0 Å². The van der Waals surface area contributed by atoms with Gasteiger partial charge in [0.25, 0.3) is 0 Å². The van der Waals surface area contributed by atoms with Gasteiger partial charge in [0.1, 0.15) is 0 Å². The number of hydrogen-bond acceptors (Lipinski definition) is 0. The third-order valence-electron chi connectivity index (χ3n) is 5.53. The summed E-state index contributed by atoms with van der Waals surface area (Å²) in [6, 6.07) is 11.4. The number of piperidine rings is 1. The molecule has 2 heteroatoms. The van der Waals surface area contributed by atoms with Gasteiger partial charge < -0.3 is 28.5 Å². The van der Waals surface area contributed by atoms with Gasteiger partial charge in [-0.1, -0.05) is 43.2 Å². The summed E-state index contributed by atoms with van der Waals surface area (Å²) >= 11 is 0. The molecule has 0 amide bonds. The Morgan fingerprint density at radius 3 is 2.10 bits per heavy atom. The molecule has 1 nitrogen and oxygen atoms in total. The Bertz CT molecular complexity index is 403. The van der Waals surface area contributed by atoms with E-state index in [2.05, 4.69) is 37.4 Å². The summed E-state index contributed by atoms with van der Waals surface area (Å²) in [5, 5.41) is 0. The first-order valence-corrected chi connectivity index (χ1v) is 8.12. The highest BCUT2D eigenvalue weighted by Gasteiger charge is 2.42. The Morgan fingerprint density at radius 1 is 0.900 bits per heavy atom. The van der Waals surface area contributed by atoms with Crippen molar-refractivity contribution in [1.29, 1.82) is 0 Å². The number of likely N-dealkylation sites (tertiary alicyclic amines) is 1. The Kier molecular flexibility index (Phi) is 5.52. The smallest absolute Gasteiger partial charge is 0.0882 e. The molecule has 2 aliphatic rings. The van der Waals surface area contributed by atoms with Crippen LogP contribution in [-0.4, -0.2) is 31.2 Å². The van der Waals surface area contributed by atoms with Crippen molar-refractivity contribution in [1.82, 2.24) is 0 Å². The molecule has 1 saturated heterocycles. The van der Waals surface area contributed by atoms with E-state index in [1.165, 1.54) is 69.1 Å². The molecule has 112 valence electrons. The SMILES string of the molecule is C[N+]1(CC2(c3ccccc3)CCCC2)CCCCC1.[I-]. The molecule has 2 fully saturated rings. The predicted octanol–water partition coefficient (Wildman–Crippen LogP) is 1.13. The largest absolute Gasteiger partial charge is 1.00 e. The van der Waals surface area contributed by atoms with Gasteiger partial charge in [-0.25, -0.2) is 0 Å². The van der Waals surface area contributed by atoms with Crippen LogP contribution >= 0.6 is 0 Å². The minimum absolute atomic E-state index is 0. The highest BCUT2D eigenvalue weighted by atomic mass is 127. The monoisotopic (exact) mass is 385 g/mol. The van der Waals surface area contributed by atoms with Crippen LogP contribution in [0.3, 0.4) is 0 Å². The van der Waals surface area contributed by atoms with E-state index < -0.39 is 0 Å². The first-order valence-electron chi connectivity index (χ1n) is 8.12. The predicted molar refractivity (Wildman–Crippen MR) is 81.2 cm³/mol. The maximum Gasteiger partial charge on any atom is 0.0882 e. The van der Waals surface area contributed by atoms with E-state index in [0.29, 0.717) is 5.41 Å². The molecule has 1 aliphatic carbocycles. The van der Waals surface area contributed by atoms with Crippen LogP contribution in [0.25, 0.3) is 0 Å². The second-order valence-electron chi connectivity index (χ2n) is 7.14. The van der Waals surface area contributed by atoms with E-state index in [-0.39, 0.29) is 24.0 Å². The standard InChI is InChI=1S/C18H28N.HI/c1-19(14-8-3-9-15-19)16-18(12-6-7-13-18)17-10-4-2-5-11-17;/h2,4-5,10-11H,3,6-9,12-16H2,1H3;1H/q+1;/p-1. The highest BCUT2D eigenvalue weighted by molar-refractivity contribution is 5.26. The molecule has 0 aromatic heterocycles. The zero-order valence-corrected chi connectivity index (χ0v) is 14.9. The van der Waals surface area contributed by atoms with Gasteiger partial charge in [-0.2, -0.15) is 0 Å². The lowest BCUT2D eigenvalue weighted by molar-refractivity contribution is -0.918. The Balaban J connectivity index is 0.00000147. The summed E-state index contributed by atoms with van der Waals surface area (Å²) in [4.78, 5) is 0. The number of quaternary nitrogens is 1. The number of nitrogens with zero attached hydrogens (tertiary/aromatic N) is 1. The summed E-state index contributed by atoms with van der Waals surface area (Å²) in [7, 11) is 2.50. The van der Waals surface area contributed by atoms with Crippen LogP contribution < -0.4 is 24.0 Å². The molecule has 0 atom stereocenters. The van der Waals surface area contributed by atoms with E-state index in [1.54, 1.807) is 5.56 Å². The van der Waals surface area contributed by atoms with Gasteiger partial charge in [-0.3, -0.25) is 0 Å². The molecule has 0 radical (unpaired) electrons. The third-order valence-corrected chi connectivity index (χ3v) is 5.53. The molecule has 20 heavy (non-hydrogen) atoms. The van der Waals surface area contributed by atoms with Crippen molar-refractivity contribution < 1.29 is 28.5 Å². The van der Waals surface area contributed by atoms with Crippen LogP contribution in [0, 0.1) is 0 Å². The number of halogens is 1. The third kappa shape index (κ3) is 3.38. The van der Waals surface area contributed by atoms with Crippen molar-refractivity contribution in [3.8, 4) is 0 Å². The summed E-state index contributed by atoms with van der Waals surface area (Å²) in [5.41, 5.74) is 2.09. The maximum atomic E-state index is 2.50. The van der Waals surface area contributed by atoms with Crippen LogP contribution in [0.1, 0.15) is 50.5 Å². The van der Waals surface area contributed by atoms with E-state index in [9.17, 15) is 0 Å². The summed E-state index contributed by atoms with van der Waals surface area (Å²) < 4.78 is 1.31. The van der Waals surface area contributed by atoms with Crippen molar-refractivity contribution in [2.24, 2.45) is 0 Å². The first kappa shape index (κ1) is 16.3. The zero-order valence-electron chi connectivity index (χ0n) is 12.8. The number of benzene rings is 1. The van der Waals surface area contributed by atoms with E-state index >= 15 is 0 Å². The van der Waals surface area contributed by atoms with Gasteiger partial charge in [0.15, 0.2) is 0 Å². The molecular formula is C18H28IN. The number of rotatable bonds is 3. The number of hydrogen-bond donors (Lipinski definition) is 0. The lowest BCUT2D eigenvalue weighted by atomic mass is 9.77. The fourth-order valence-electron chi connectivity index (χ4n) is 4.55. The van der Waals surface area contributed by atoms with Gasteiger partial charge in [0.05, 0.1) is 26.7 Å². The second-order valence-corrected chi connectivity index (χ2v) is 7.14.